The van der Waals surface area contributed by atoms with Gasteiger partial charge in [0.2, 0.25) is 5.91 Å². The highest BCUT2D eigenvalue weighted by Gasteiger charge is 2.07. The molecule has 0 bridgehead atoms. The number of aromatic nitrogens is 1. The molecule has 3 aromatic rings. The monoisotopic (exact) mass is 326 g/mol. The number of amides is 1. The van der Waals surface area contributed by atoms with Gasteiger partial charge < -0.3 is 9.73 Å². The van der Waals surface area contributed by atoms with Gasteiger partial charge in [-0.15, -0.1) is 0 Å². The number of aryl methyl sites for hydroxylation is 1. The fourth-order valence-corrected chi connectivity index (χ4v) is 2.51. The van der Waals surface area contributed by atoms with Gasteiger partial charge in [-0.25, -0.2) is 9.37 Å². The third kappa shape index (κ3) is 4.41. The summed E-state index contributed by atoms with van der Waals surface area (Å²) in [6.45, 7) is 0.549. The summed E-state index contributed by atoms with van der Waals surface area (Å²) in [5, 5.41) is 2.87. The quantitative estimate of drug-likeness (QED) is 0.721. The molecule has 0 unspecified atom stereocenters. The van der Waals surface area contributed by atoms with Crippen molar-refractivity contribution in [3.63, 3.8) is 0 Å². The molecule has 0 spiro atoms. The Morgan fingerprint density at radius 1 is 1.08 bits per heavy atom. The molecular formula is C19H19FN2O2. The Hall–Kier alpha value is -2.69. The van der Waals surface area contributed by atoms with Crippen molar-refractivity contribution in [2.45, 2.75) is 25.7 Å². The van der Waals surface area contributed by atoms with E-state index in [0.29, 0.717) is 38.1 Å². The van der Waals surface area contributed by atoms with Crippen molar-refractivity contribution in [2.75, 3.05) is 6.54 Å². The lowest BCUT2D eigenvalue weighted by Crippen LogP contribution is -2.25. The van der Waals surface area contributed by atoms with Gasteiger partial charge in [0.15, 0.2) is 11.5 Å². The lowest BCUT2D eigenvalue weighted by atomic mass is 10.1. The molecule has 1 N–H and O–H groups in total. The number of carbonyl (C=O) groups excluding carboxylic acids is 1. The van der Waals surface area contributed by atoms with Crippen LogP contribution in [0.15, 0.2) is 52.9 Å². The van der Waals surface area contributed by atoms with E-state index in [4.69, 9.17) is 4.42 Å². The zero-order chi connectivity index (χ0) is 16.8. The molecule has 5 heteroatoms. The number of nitrogens with one attached hydrogen (secondary N) is 1. The Morgan fingerprint density at radius 3 is 2.67 bits per heavy atom. The van der Waals surface area contributed by atoms with Crippen LogP contribution in [0.4, 0.5) is 4.39 Å². The molecule has 0 saturated carbocycles. The Kier molecular flexibility index (Phi) is 5.21. The molecule has 0 radical (unpaired) electrons. The fourth-order valence-electron chi connectivity index (χ4n) is 2.51. The summed E-state index contributed by atoms with van der Waals surface area (Å²) in [5.74, 6) is 0.422. The maximum Gasteiger partial charge on any atom is 0.220 e. The zero-order valence-electron chi connectivity index (χ0n) is 13.3. The normalized spacial score (nSPS) is 10.9. The first kappa shape index (κ1) is 16.2. The molecule has 124 valence electrons. The Labute approximate surface area is 139 Å². The molecule has 0 atom stereocenters. The van der Waals surface area contributed by atoms with E-state index in [2.05, 4.69) is 10.3 Å². The van der Waals surface area contributed by atoms with E-state index in [0.717, 1.165) is 16.7 Å². The van der Waals surface area contributed by atoms with E-state index in [1.807, 2.05) is 24.3 Å². The largest absolute Gasteiger partial charge is 0.441 e. The van der Waals surface area contributed by atoms with Crippen molar-refractivity contribution in [2.24, 2.45) is 0 Å². The van der Waals surface area contributed by atoms with Crippen LogP contribution in [0.1, 0.15) is 24.3 Å². The van der Waals surface area contributed by atoms with Crippen molar-refractivity contribution in [1.29, 1.82) is 0 Å². The minimum Gasteiger partial charge on any atom is -0.441 e. The number of oxazole rings is 1. The van der Waals surface area contributed by atoms with Gasteiger partial charge in [0, 0.05) is 19.4 Å². The molecule has 2 aromatic carbocycles. The van der Waals surface area contributed by atoms with Crippen molar-refractivity contribution < 1.29 is 13.6 Å². The summed E-state index contributed by atoms with van der Waals surface area (Å²) < 4.78 is 18.4. The van der Waals surface area contributed by atoms with Gasteiger partial charge >= 0.3 is 0 Å². The average Bonchev–Trinajstić information content (AvgIpc) is 2.99. The molecule has 0 fully saturated rings. The van der Waals surface area contributed by atoms with Crippen LogP contribution in [0.3, 0.4) is 0 Å². The van der Waals surface area contributed by atoms with E-state index >= 15 is 0 Å². The van der Waals surface area contributed by atoms with Crippen LogP contribution < -0.4 is 5.32 Å². The molecule has 0 saturated heterocycles. The predicted molar refractivity (Wildman–Crippen MR) is 90.1 cm³/mol. The van der Waals surface area contributed by atoms with Crippen LogP contribution in [0.2, 0.25) is 0 Å². The number of hydrogen-bond donors (Lipinski definition) is 1. The number of rotatable bonds is 7. The second kappa shape index (κ2) is 7.73. The number of nitrogens with zero attached hydrogens (tertiary/aromatic N) is 1. The summed E-state index contributed by atoms with van der Waals surface area (Å²) >= 11 is 0. The first-order valence-electron chi connectivity index (χ1n) is 8.06. The van der Waals surface area contributed by atoms with Crippen LogP contribution in [0.25, 0.3) is 11.1 Å². The number of fused-ring (bicyclic) bond motifs is 1. The Morgan fingerprint density at radius 2 is 1.88 bits per heavy atom. The fraction of sp³-hybridized carbons (Fsp3) is 0.263. The molecule has 0 aliphatic rings. The standard InChI is InChI=1S/C19H19FN2O2/c20-15-10-8-14(9-11-15)12-13-21-18(23)6-3-7-19-22-16-4-1-2-5-17(16)24-19/h1-2,4-5,8-11H,3,6-7,12-13H2,(H,21,23). The number of halogens is 1. The summed E-state index contributed by atoms with van der Waals surface area (Å²) in [7, 11) is 0. The first-order chi connectivity index (χ1) is 11.7. The van der Waals surface area contributed by atoms with E-state index in [1.165, 1.54) is 12.1 Å². The van der Waals surface area contributed by atoms with Gasteiger partial charge in [0.25, 0.3) is 0 Å². The lowest BCUT2D eigenvalue weighted by Gasteiger charge is -2.05. The van der Waals surface area contributed by atoms with Gasteiger partial charge in [0.05, 0.1) is 0 Å². The SMILES string of the molecule is O=C(CCCc1nc2ccccc2o1)NCCc1ccc(F)cc1. The number of benzene rings is 2. The Balaban J connectivity index is 1.37. The maximum absolute atomic E-state index is 12.8. The third-order valence-electron chi connectivity index (χ3n) is 3.78. The van der Waals surface area contributed by atoms with E-state index < -0.39 is 0 Å². The van der Waals surface area contributed by atoms with Crippen LogP contribution in [-0.4, -0.2) is 17.4 Å². The van der Waals surface area contributed by atoms with Crippen LogP contribution >= 0.6 is 0 Å². The summed E-state index contributed by atoms with van der Waals surface area (Å²) in [6.07, 6.45) is 2.45. The predicted octanol–water partition coefficient (Wildman–Crippen LogP) is 3.65. The van der Waals surface area contributed by atoms with Gasteiger partial charge in [-0.05, 0) is 42.7 Å². The molecule has 1 heterocycles. The molecule has 24 heavy (non-hydrogen) atoms. The summed E-state index contributed by atoms with van der Waals surface area (Å²) in [5.41, 5.74) is 2.62. The summed E-state index contributed by atoms with van der Waals surface area (Å²) in [4.78, 5) is 16.2. The Bertz CT molecular complexity index is 779. The van der Waals surface area contributed by atoms with E-state index in [9.17, 15) is 9.18 Å². The molecule has 3 rings (SSSR count). The van der Waals surface area contributed by atoms with Gasteiger partial charge in [-0.3, -0.25) is 4.79 Å². The third-order valence-corrected chi connectivity index (χ3v) is 3.78. The van der Waals surface area contributed by atoms with Crippen LogP contribution in [0.5, 0.6) is 0 Å². The number of para-hydroxylation sites is 2. The maximum atomic E-state index is 12.8. The summed E-state index contributed by atoms with van der Waals surface area (Å²) in [6, 6.07) is 13.9. The van der Waals surface area contributed by atoms with Gasteiger partial charge in [-0.1, -0.05) is 24.3 Å². The minimum absolute atomic E-state index is 0.00761. The molecule has 0 aliphatic carbocycles. The molecule has 4 nitrogen and oxygen atoms in total. The zero-order valence-corrected chi connectivity index (χ0v) is 13.3. The average molecular weight is 326 g/mol. The topological polar surface area (TPSA) is 55.1 Å². The molecule has 1 amide bonds. The highest BCUT2D eigenvalue weighted by atomic mass is 19.1. The molecular weight excluding hydrogens is 307 g/mol. The second-order valence-corrected chi connectivity index (χ2v) is 5.66. The minimum atomic E-state index is -0.248. The van der Waals surface area contributed by atoms with Crippen molar-refractivity contribution >= 4 is 17.0 Å². The molecule has 1 aromatic heterocycles. The van der Waals surface area contributed by atoms with Crippen LogP contribution in [0, 0.1) is 5.82 Å². The van der Waals surface area contributed by atoms with Crippen LogP contribution in [-0.2, 0) is 17.6 Å². The van der Waals surface area contributed by atoms with Crippen molar-refractivity contribution in [1.82, 2.24) is 10.3 Å². The number of hydrogen-bond acceptors (Lipinski definition) is 3. The highest BCUT2D eigenvalue weighted by Crippen LogP contribution is 2.16. The van der Waals surface area contributed by atoms with Crippen molar-refractivity contribution in [3.05, 3.63) is 65.8 Å². The highest BCUT2D eigenvalue weighted by molar-refractivity contribution is 5.76. The smallest absolute Gasteiger partial charge is 0.220 e. The first-order valence-corrected chi connectivity index (χ1v) is 8.06. The number of carbonyl (C=O) groups is 1. The lowest BCUT2D eigenvalue weighted by molar-refractivity contribution is -0.121. The van der Waals surface area contributed by atoms with E-state index in [1.54, 1.807) is 12.1 Å². The van der Waals surface area contributed by atoms with Gasteiger partial charge in [0.1, 0.15) is 11.3 Å². The van der Waals surface area contributed by atoms with Crippen molar-refractivity contribution in [3.8, 4) is 0 Å². The molecule has 0 aliphatic heterocycles. The van der Waals surface area contributed by atoms with Gasteiger partial charge in [-0.2, -0.15) is 0 Å². The van der Waals surface area contributed by atoms with E-state index in [-0.39, 0.29) is 11.7 Å². The second-order valence-electron chi connectivity index (χ2n) is 5.66.